The summed E-state index contributed by atoms with van der Waals surface area (Å²) in [6.45, 7) is 0.257. The van der Waals surface area contributed by atoms with E-state index in [0.29, 0.717) is 4.57 Å². The van der Waals surface area contributed by atoms with Gasteiger partial charge in [0, 0.05) is 12.6 Å². The molecule has 2 saturated heterocycles. The third kappa shape index (κ3) is 6.18. The van der Waals surface area contributed by atoms with Gasteiger partial charge in [0.05, 0.1) is 13.2 Å². The fourth-order valence-corrected chi connectivity index (χ4v) is 5.24. The molecule has 2 aliphatic rings. The average molecular weight is 558 g/mol. The van der Waals surface area contributed by atoms with Crippen LogP contribution in [0.25, 0.3) is 0 Å². The molecule has 0 unspecified atom stereocenters. The van der Waals surface area contributed by atoms with Gasteiger partial charge in [-0.25, -0.2) is 9.36 Å². The number of para-hydroxylation sites is 1. The van der Waals surface area contributed by atoms with Crippen LogP contribution >= 0.6 is 7.75 Å². The number of ether oxygens (including phenoxy) is 3. The van der Waals surface area contributed by atoms with Crippen molar-refractivity contribution in [2.75, 3.05) is 18.9 Å². The fourth-order valence-electron chi connectivity index (χ4n) is 3.74. The maximum Gasteiger partial charge on any atom is 0.459 e. The minimum atomic E-state index is -4.43. The first-order valence-electron chi connectivity index (χ1n) is 11.5. The molecule has 1 aromatic carbocycles. The van der Waals surface area contributed by atoms with Crippen molar-refractivity contribution in [3.05, 3.63) is 53.1 Å². The second-order valence-corrected chi connectivity index (χ2v) is 10.2. The smallest absolute Gasteiger partial charge is 0.459 e. The number of carbonyl (C=O) groups is 2. The van der Waals surface area contributed by atoms with Crippen LogP contribution in [0.1, 0.15) is 26.0 Å². The van der Waals surface area contributed by atoms with Crippen molar-refractivity contribution in [3.8, 4) is 5.75 Å². The van der Waals surface area contributed by atoms with Crippen molar-refractivity contribution in [1.29, 1.82) is 0 Å². The first-order chi connectivity index (χ1) is 18.0. The van der Waals surface area contributed by atoms with Gasteiger partial charge in [-0.05, 0) is 31.5 Å². The number of nitrogens with one attached hydrogen (secondary N) is 1. The Balaban J connectivity index is 1.67. The van der Waals surface area contributed by atoms with Gasteiger partial charge in [0.25, 0.3) is 0 Å². The van der Waals surface area contributed by atoms with E-state index >= 15 is 8.78 Å². The average Bonchev–Trinajstić information content (AvgIpc) is 3.10. The normalized spacial score (nSPS) is 30.4. The number of rotatable bonds is 3. The zero-order chi connectivity index (χ0) is 27.5. The summed E-state index contributed by atoms with van der Waals surface area (Å²) in [6, 6.07) is 7.68. The van der Waals surface area contributed by atoms with E-state index in [1.807, 2.05) is 0 Å². The number of hydrogen-bond donors (Lipinski definition) is 2. The lowest BCUT2D eigenvalue weighted by Crippen LogP contribution is -2.45. The molecule has 4 rings (SSSR count). The Morgan fingerprint density at radius 1 is 1.21 bits per heavy atom. The molecule has 2 fully saturated rings. The Kier molecular flexibility index (Phi) is 8.11. The lowest BCUT2D eigenvalue weighted by Gasteiger charge is -2.26. The standard InChI is InChI=1S/C22H25F2N4O9P/c1-13-19(30)33-11-5-8-17(29)36-18-15(12-34-38(32,27-13)37-14-6-3-2-4-7-14)35-20(22(18,23)24)28-10-9-16(25)26-21(28)31/h2-4,6-7,9-10,13,15,18,20H,5,8,11-12H2,1H3,(H,27,32)(H2,25,26,31)/t13-,15+,18+,20+,38-/m0/s1. The van der Waals surface area contributed by atoms with E-state index in [9.17, 15) is 18.9 Å². The molecule has 2 aromatic rings. The number of benzene rings is 1. The van der Waals surface area contributed by atoms with Crippen LogP contribution in [0, 0.1) is 0 Å². The highest BCUT2D eigenvalue weighted by Crippen LogP contribution is 2.48. The Bertz CT molecular complexity index is 1280. The Morgan fingerprint density at radius 3 is 2.66 bits per heavy atom. The lowest BCUT2D eigenvalue weighted by atomic mass is 10.1. The van der Waals surface area contributed by atoms with Crippen LogP contribution in [0.15, 0.2) is 47.4 Å². The number of fused-ring (bicyclic) bond motifs is 1. The maximum absolute atomic E-state index is 15.5. The number of alkyl halides is 2. The molecular weight excluding hydrogens is 533 g/mol. The van der Waals surface area contributed by atoms with Crippen molar-refractivity contribution >= 4 is 25.5 Å². The molecule has 0 spiro atoms. The van der Waals surface area contributed by atoms with E-state index in [1.54, 1.807) is 18.2 Å². The number of aromatic nitrogens is 2. The van der Waals surface area contributed by atoms with Gasteiger partial charge in [-0.1, -0.05) is 18.2 Å². The number of nitrogens with zero attached hydrogens (tertiary/aromatic N) is 2. The van der Waals surface area contributed by atoms with Crippen molar-refractivity contribution in [2.45, 2.75) is 50.2 Å². The molecule has 1 aromatic heterocycles. The van der Waals surface area contributed by atoms with Crippen LogP contribution < -0.4 is 21.0 Å². The summed E-state index contributed by atoms with van der Waals surface area (Å²) in [7, 11) is -4.43. The van der Waals surface area contributed by atoms with Gasteiger partial charge in [0.15, 0.2) is 6.10 Å². The molecule has 3 heterocycles. The zero-order valence-corrected chi connectivity index (χ0v) is 20.9. The molecule has 5 atom stereocenters. The van der Waals surface area contributed by atoms with Crippen molar-refractivity contribution in [3.63, 3.8) is 0 Å². The SMILES string of the molecule is C[C@@H]1N[P@@](=O)(Oc2ccccc2)OC[C@H]2O[C@@H](n3ccc(N)nc3=O)C(F)(F)[C@@H]2OC(=O)CCCOC1=O. The molecule has 38 heavy (non-hydrogen) atoms. The quantitative estimate of drug-likeness (QED) is 0.414. The number of esters is 2. The molecule has 13 nitrogen and oxygen atoms in total. The Hall–Kier alpha value is -3.39. The Labute approximate surface area is 214 Å². The van der Waals surface area contributed by atoms with Crippen LogP contribution in [0.4, 0.5) is 14.6 Å². The van der Waals surface area contributed by atoms with Crippen molar-refractivity contribution in [2.24, 2.45) is 0 Å². The number of cyclic esters (lactones) is 1. The summed E-state index contributed by atoms with van der Waals surface area (Å²) in [4.78, 5) is 40.4. The second kappa shape index (κ2) is 11.2. The summed E-state index contributed by atoms with van der Waals surface area (Å²) in [5.41, 5.74) is 4.32. The largest absolute Gasteiger partial charge is 0.465 e. The third-order valence-electron chi connectivity index (χ3n) is 5.56. The second-order valence-electron chi connectivity index (χ2n) is 8.47. The summed E-state index contributed by atoms with van der Waals surface area (Å²) >= 11 is 0. The summed E-state index contributed by atoms with van der Waals surface area (Å²) in [5.74, 6) is -5.90. The molecule has 16 heteroatoms. The van der Waals surface area contributed by atoms with E-state index in [1.165, 1.54) is 19.1 Å². The molecule has 0 radical (unpaired) electrons. The minimum absolute atomic E-state index is 0.0272. The van der Waals surface area contributed by atoms with Crippen LogP contribution in [0.2, 0.25) is 0 Å². The summed E-state index contributed by atoms with van der Waals surface area (Å²) in [6.07, 6.45) is -5.61. The topological polar surface area (TPSA) is 170 Å². The highest BCUT2D eigenvalue weighted by Gasteiger charge is 2.63. The number of halogens is 2. The number of hydrogen-bond acceptors (Lipinski definition) is 11. The minimum Gasteiger partial charge on any atom is -0.465 e. The molecule has 3 N–H and O–H groups in total. The van der Waals surface area contributed by atoms with Crippen LogP contribution in [0.3, 0.4) is 0 Å². The highest BCUT2D eigenvalue weighted by atomic mass is 31.2. The van der Waals surface area contributed by atoms with E-state index < -0.39 is 62.4 Å². The summed E-state index contributed by atoms with van der Waals surface area (Å²) in [5, 5.41) is 2.42. The van der Waals surface area contributed by atoms with Crippen LogP contribution in [0.5, 0.6) is 5.75 Å². The van der Waals surface area contributed by atoms with Crippen LogP contribution in [-0.4, -0.2) is 58.9 Å². The van der Waals surface area contributed by atoms with Gasteiger partial charge in [0.1, 0.15) is 23.7 Å². The van der Waals surface area contributed by atoms with E-state index in [4.69, 9.17) is 29.0 Å². The van der Waals surface area contributed by atoms with Crippen LogP contribution in [-0.2, 0) is 32.9 Å². The van der Waals surface area contributed by atoms with E-state index in [-0.39, 0.29) is 31.0 Å². The molecule has 0 bridgehead atoms. The first kappa shape index (κ1) is 27.6. The summed E-state index contributed by atoms with van der Waals surface area (Å²) < 4.78 is 71.6. The highest BCUT2D eigenvalue weighted by molar-refractivity contribution is 7.52. The predicted molar refractivity (Wildman–Crippen MR) is 125 cm³/mol. The number of anilines is 1. The van der Waals surface area contributed by atoms with Gasteiger partial charge in [-0.3, -0.25) is 18.7 Å². The van der Waals surface area contributed by atoms with Gasteiger partial charge >= 0.3 is 31.3 Å². The molecule has 0 amide bonds. The van der Waals surface area contributed by atoms with Gasteiger partial charge in [-0.2, -0.15) is 18.9 Å². The first-order valence-corrected chi connectivity index (χ1v) is 13.0. The Morgan fingerprint density at radius 2 is 1.95 bits per heavy atom. The number of nitrogens with two attached hydrogens (primary N) is 1. The molecule has 206 valence electrons. The number of carbonyl (C=O) groups excluding carboxylic acids is 2. The predicted octanol–water partition coefficient (Wildman–Crippen LogP) is 1.79. The zero-order valence-electron chi connectivity index (χ0n) is 20.0. The molecular formula is C22H25F2N4O9P. The molecule has 2 aliphatic heterocycles. The van der Waals surface area contributed by atoms with E-state index in [0.717, 1.165) is 12.3 Å². The monoisotopic (exact) mass is 558 g/mol. The van der Waals surface area contributed by atoms with Gasteiger partial charge in [0.2, 0.25) is 6.23 Å². The van der Waals surface area contributed by atoms with Gasteiger partial charge in [-0.15, -0.1) is 0 Å². The number of nitrogen functional groups attached to an aromatic ring is 1. The molecule has 0 saturated carbocycles. The van der Waals surface area contributed by atoms with Crippen molar-refractivity contribution < 1.29 is 46.2 Å². The maximum atomic E-state index is 15.5. The molecule has 0 aliphatic carbocycles. The van der Waals surface area contributed by atoms with Gasteiger partial charge < -0.3 is 24.5 Å². The fraction of sp³-hybridized carbons (Fsp3) is 0.455. The third-order valence-corrected chi connectivity index (χ3v) is 7.21. The van der Waals surface area contributed by atoms with Crippen molar-refractivity contribution in [1.82, 2.24) is 14.6 Å². The lowest BCUT2D eigenvalue weighted by molar-refractivity contribution is -0.177. The van der Waals surface area contributed by atoms with E-state index in [2.05, 4.69) is 10.1 Å².